The van der Waals surface area contributed by atoms with E-state index < -0.39 is 0 Å². The van der Waals surface area contributed by atoms with Gasteiger partial charge in [0, 0.05) is 30.7 Å². The van der Waals surface area contributed by atoms with Crippen LogP contribution >= 0.6 is 23.4 Å². The van der Waals surface area contributed by atoms with Crippen LogP contribution in [0.4, 0.5) is 5.69 Å². The van der Waals surface area contributed by atoms with Crippen molar-refractivity contribution in [3.8, 4) is 11.4 Å². The lowest BCUT2D eigenvalue weighted by molar-refractivity contribution is -0.115. The van der Waals surface area contributed by atoms with Gasteiger partial charge >= 0.3 is 0 Å². The Balaban J connectivity index is 1.75. The molecule has 0 aromatic carbocycles. The van der Waals surface area contributed by atoms with Crippen molar-refractivity contribution >= 4 is 35.0 Å². The summed E-state index contributed by atoms with van der Waals surface area (Å²) in [5.41, 5.74) is 1.42. The first kappa shape index (κ1) is 18.3. The van der Waals surface area contributed by atoms with E-state index in [1.807, 2.05) is 30.5 Å². The Bertz CT molecular complexity index is 901. The second-order valence-electron chi connectivity index (χ2n) is 5.38. The van der Waals surface area contributed by atoms with Gasteiger partial charge < -0.3 is 9.88 Å². The molecule has 0 saturated carbocycles. The van der Waals surface area contributed by atoms with Gasteiger partial charge in [-0.25, -0.2) is 4.98 Å². The van der Waals surface area contributed by atoms with E-state index in [-0.39, 0.29) is 16.3 Å². The van der Waals surface area contributed by atoms with Crippen LogP contribution in [0.5, 0.6) is 0 Å². The SMILES string of the molecule is CCn1c(S[C@H](C)C(=O)Nc2cccnc2Cl)nnc1-c1ccncc1. The van der Waals surface area contributed by atoms with E-state index >= 15 is 0 Å². The third-order valence-corrected chi connectivity index (χ3v) is 5.02. The molecule has 7 nitrogen and oxygen atoms in total. The summed E-state index contributed by atoms with van der Waals surface area (Å²) in [4.78, 5) is 20.4. The first-order valence-corrected chi connectivity index (χ1v) is 9.27. The number of carbonyl (C=O) groups is 1. The predicted molar refractivity (Wildman–Crippen MR) is 102 cm³/mol. The summed E-state index contributed by atoms with van der Waals surface area (Å²) in [5.74, 6) is 0.571. The van der Waals surface area contributed by atoms with Crippen LogP contribution in [-0.2, 0) is 11.3 Å². The van der Waals surface area contributed by atoms with E-state index in [1.54, 1.807) is 30.7 Å². The van der Waals surface area contributed by atoms with Gasteiger partial charge in [-0.3, -0.25) is 9.78 Å². The van der Waals surface area contributed by atoms with E-state index in [0.29, 0.717) is 17.4 Å². The fourth-order valence-corrected chi connectivity index (χ4v) is 3.38. The molecule has 1 atom stereocenters. The van der Waals surface area contributed by atoms with Crippen LogP contribution < -0.4 is 5.32 Å². The number of thioether (sulfide) groups is 1. The topological polar surface area (TPSA) is 85.6 Å². The molecule has 1 amide bonds. The fraction of sp³-hybridized carbons (Fsp3) is 0.235. The second-order valence-corrected chi connectivity index (χ2v) is 7.04. The third-order valence-electron chi connectivity index (χ3n) is 3.64. The highest BCUT2D eigenvalue weighted by atomic mass is 35.5. The summed E-state index contributed by atoms with van der Waals surface area (Å²) in [5, 5.41) is 11.9. The maximum absolute atomic E-state index is 12.5. The number of hydrogen-bond donors (Lipinski definition) is 1. The van der Waals surface area contributed by atoms with Crippen molar-refractivity contribution in [2.24, 2.45) is 0 Å². The number of hydrogen-bond acceptors (Lipinski definition) is 6. The molecule has 26 heavy (non-hydrogen) atoms. The van der Waals surface area contributed by atoms with Crippen molar-refractivity contribution < 1.29 is 4.79 Å². The summed E-state index contributed by atoms with van der Waals surface area (Å²) in [6.07, 6.45) is 5.00. The van der Waals surface area contributed by atoms with Gasteiger partial charge in [-0.2, -0.15) is 0 Å². The second kappa shape index (κ2) is 8.29. The van der Waals surface area contributed by atoms with Crippen molar-refractivity contribution in [1.29, 1.82) is 0 Å². The van der Waals surface area contributed by atoms with Crippen LogP contribution in [0, 0.1) is 0 Å². The minimum atomic E-state index is -0.383. The molecule has 0 aliphatic carbocycles. The smallest absolute Gasteiger partial charge is 0.237 e. The lowest BCUT2D eigenvalue weighted by atomic mass is 10.2. The minimum absolute atomic E-state index is 0.180. The van der Waals surface area contributed by atoms with Gasteiger partial charge in [-0.05, 0) is 38.1 Å². The van der Waals surface area contributed by atoms with Gasteiger partial charge in [-0.1, -0.05) is 23.4 Å². The van der Waals surface area contributed by atoms with Gasteiger partial charge in [0.1, 0.15) is 0 Å². The zero-order valence-electron chi connectivity index (χ0n) is 14.3. The molecule has 0 fully saturated rings. The average molecular weight is 389 g/mol. The number of pyridine rings is 2. The van der Waals surface area contributed by atoms with E-state index in [1.165, 1.54) is 11.8 Å². The Kier molecular flexibility index (Phi) is 5.85. The van der Waals surface area contributed by atoms with Crippen molar-refractivity contribution in [1.82, 2.24) is 24.7 Å². The number of rotatable bonds is 6. The minimum Gasteiger partial charge on any atom is -0.322 e. The molecular formula is C17H17ClN6OS. The van der Waals surface area contributed by atoms with E-state index in [0.717, 1.165) is 11.4 Å². The van der Waals surface area contributed by atoms with Gasteiger partial charge in [0.25, 0.3) is 0 Å². The number of aromatic nitrogens is 5. The number of carbonyl (C=O) groups excluding carboxylic acids is 1. The first-order valence-electron chi connectivity index (χ1n) is 8.01. The van der Waals surface area contributed by atoms with Gasteiger partial charge in [0.15, 0.2) is 16.1 Å². The molecule has 9 heteroatoms. The summed E-state index contributed by atoms with van der Waals surface area (Å²) < 4.78 is 1.97. The molecular weight excluding hydrogens is 372 g/mol. The predicted octanol–water partition coefficient (Wildman–Crippen LogP) is 3.53. The number of halogens is 1. The zero-order valence-corrected chi connectivity index (χ0v) is 15.8. The molecule has 1 N–H and O–H groups in total. The van der Waals surface area contributed by atoms with Gasteiger partial charge in [0.05, 0.1) is 10.9 Å². The maximum atomic E-state index is 12.5. The Hall–Kier alpha value is -2.45. The summed E-state index contributed by atoms with van der Waals surface area (Å²) in [6, 6.07) is 7.19. The highest BCUT2D eigenvalue weighted by molar-refractivity contribution is 8.00. The number of nitrogens with one attached hydrogen (secondary N) is 1. The monoisotopic (exact) mass is 388 g/mol. The molecule has 3 rings (SSSR count). The van der Waals surface area contributed by atoms with E-state index in [2.05, 4.69) is 25.5 Å². The number of amides is 1. The van der Waals surface area contributed by atoms with Crippen molar-refractivity contribution in [2.45, 2.75) is 30.8 Å². The molecule has 0 aliphatic heterocycles. The maximum Gasteiger partial charge on any atom is 0.237 e. The standard InChI is InChI=1S/C17H17ClN6OS/c1-3-24-15(12-6-9-19-10-7-12)22-23-17(24)26-11(2)16(25)21-13-5-4-8-20-14(13)18/h4-11H,3H2,1-2H3,(H,21,25)/t11-/m1/s1. The molecule has 0 bridgehead atoms. The number of anilines is 1. The number of nitrogens with zero attached hydrogens (tertiary/aromatic N) is 5. The molecule has 3 aromatic heterocycles. The largest absolute Gasteiger partial charge is 0.322 e. The average Bonchev–Trinajstić information content (AvgIpc) is 3.06. The lowest BCUT2D eigenvalue weighted by Gasteiger charge is -2.13. The highest BCUT2D eigenvalue weighted by Gasteiger charge is 2.21. The van der Waals surface area contributed by atoms with Crippen LogP contribution in [-0.4, -0.2) is 35.9 Å². The Morgan fingerprint density at radius 3 is 2.73 bits per heavy atom. The molecule has 0 saturated heterocycles. The van der Waals surface area contributed by atoms with Crippen LogP contribution in [0.15, 0.2) is 48.0 Å². The molecule has 3 aromatic rings. The van der Waals surface area contributed by atoms with E-state index in [9.17, 15) is 4.79 Å². The van der Waals surface area contributed by atoms with Crippen LogP contribution in [0.2, 0.25) is 5.15 Å². The Morgan fingerprint density at radius 1 is 1.27 bits per heavy atom. The van der Waals surface area contributed by atoms with Crippen molar-refractivity contribution in [3.05, 3.63) is 48.0 Å². The molecule has 0 radical (unpaired) electrons. The van der Waals surface area contributed by atoms with E-state index in [4.69, 9.17) is 11.6 Å². The highest BCUT2D eigenvalue weighted by Crippen LogP contribution is 2.27. The van der Waals surface area contributed by atoms with Crippen molar-refractivity contribution in [3.63, 3.8) is 0 Å². The summed E-state index contributed by atoms with van der Waals surface area (Å²) >= 11 is 7.33. The zero-order chi connectivity index (χ0) is 18.5. The van der Waals surface area contributed by atoms with Gasteiger partial charge in [0.2, 0.25) is 5.91 Å². The van der Waals surface area contributed by atoms with Crippen LogP contribution in [0.1, 0.15) is 13.8 Å². The first-order chi connectivity index (χ1) is 12.6. The van der Waals surface area contributed by atoms with Crippen LogP contribution in [0.3, 0.4) is 0 Å². The molecule has 0 unspecified atom stereocenters. The Morgan fingerprint density at radius 2 is 2.04 bits per heavy atom. The molecule has 0 aliphatic rings. The van der Waals surface area contributed by atoms with Crippen molar-refractivity contribution in [2.75, 3.05) is 5.32 Å². The summed E-state index contributed by atoms with van der Waals surface area (Å²) in [6.45, 7) is 4.51. The fourth-order valence-electron chi connectivity index (χ4n) is 2.30. The van der Waals surface area contributed by atoms with Crippen LogP contribution in [0.25, 0.3) is 11.4 Å². The van der Waals surface area contributed by atoms with Gasteiger partial charge in [-0.15, -0.1) is 10.2 Å². The molecule has 0 spiro atoms. The summed E-state index contributed by atoms with van der Waals surface area (Å²) in [7, 11) is 0. The third kappa shape index (κ3) is 4.03. The lowest BCUT2D eigenvalue weighted by Crippen LogP contribution is -2.23. The molecule has 134 valence electrons. The Labute approximate surface area is 160 Å². The molecule has 3 heterocycles. The quantitative estimate of drug-likeness (QED) is 0.513. The normalized spacial score (nSPS) is 12.0.